The van der Waals surface area contributed by atoms with Crippen LogP contribution in [0.3, 0.4) is 0 Å². The molecule has 3 aromatic rings. The first-order chi connectivity index (χ1) is 13.9. The lowest BCUT2D eigenvalue weighted by Gasteiger charge is -2.02. The number of fused-ring (bicyclic) bond motifs is 1. The van der Waals surface area contributed by atoms with Crippen LogP contribution in [-0.4, -0.2) is 24.6 Å². The summed E-state index contributed by atoms with van der Waals surface area (Å²) in [5.41, 5.74) is 0.786. The molecule has 0 aliphatic heterocycles. The number of rotatable bonds is 8. The zero-order valence-electron chi connectivity index (χ0n) is 15.7. The van der Waals surface area contributed by atoms with Gasteiger partial charge in [0.05, 0.1) is 15.1 Å². The van der Waals surface area contributed by atoms with Crippen LogP contribution < -0.4 is 9.94 Å². The molecule has 0 atom stereocenters. The number of nitrogens with zero attached hydrogens (tertiary/aromatic N) is 2. The van der Waals surface area contributed by atoms with Crippen LogP contribution in [0.5, 0.6) is 0 Å². The molecule has 1 amide bonds. The first-order valence-electron chi connectivity index (χ1n) is 8.91. The highest BCUT2D eigenvalue weighted by molar-refractivity contribution is 7.99. The molecule has 3 rings (SSSR count). The first-order valence-corrected chi connectivity index (χ1v) is 12.3. The Morgan fingerprint density at radius 2 is 2.00 bits per heavy atom. The number of amides is 1. The van der Waals surface area contributed by atoms with Crippen LogP contribution in [0.2, 0.25) is 0 Å². The molecule has 9 heteroatoms. The van der Waals surface area contributed by atoms with E-state index in [1.807, 2.05) is 34.9 Å². The lowest BCUT2D eigenvalue weighted by molar-refractivity contribution is -0.118. The fourth-order valence-corrected chi connectivity index (χ4v) is 5.30. The fourth-order valence-electron chi connectivity index (χ4n) is 2.71. The first kappa shape index (κ1) is 21.5. The number of nitrogens with two attached hydrogens (primary N) is 1. The van der Waals surface area contributed by atoms with Crippen LogP contribution in [0.15, 0.2) is 76.0 Å². The third kappa shape index (κ3) is 5.66. The second kappa shape index (κ2) is 9.53. The van der Waals surface area contributed by atoms with E-state index in [0.29, 0.717) is 22.5 Å². The minimum Gasteiger partial charge on any atom is -0.313 e. The van der Waals surface area contributed by atoms with Crippen LogP contribution in [0, 0.1) is 0 Å². The number of hydrogen-bond donors (Lipinski definition) is 1. The molecule has 6 nitrogen and oxygen atoms in total. The van der Waals surface area contributed by atoms with Gasteiger partial charge in [-0.2, -0.15) is 4.99 Å². The van der Waals surface area contributed by atoms with Crippen molar-refractivity contribution in [3.63, 3.8) is 0 Å². The predicted octanol–water partition coefficient (Wildman–Crippen LogP) is 3.54. The van der Waals surface area contributed by atoms with Gasteiger partial charge in [0.25, 0.3) is 0 Å². The summed E-state index contributed by atoms with van der Waals surface area (Å²) in [7, 11) is -3.79. The number of aromatic nitrogens is 1. The van der Waals surface area contributed by atoms with Crippen molar-refractivity contribution in [1.29, 1.82) is 0 Å². The van der Waals surface area contributed by atoms with Gasteiger partial charge in [-0.15, -0.1) is 18.3 Å². The van der Waals surface area contributed by atoms with Crippen molar-refractivity contribution in [2.24, 2.45) is 10.1 Å². The molecule has 0 aliphatic rings. The summed E-state index contributed by atoms with van der Waals surface area (Å²) in [6, 6.07) is 14.7. The number of allylic oxidation sites excluding steroid dienone is 1. The molecule has 0 radical (unpaired) electrons. The molecule has 2 aromatic carbocycles. The highest BCUT2D eigenvalue weighted by Gasteiger charge is 2.12. The van der Waals surface area contributed by atoms with E-state index in [-0.39, 0.29) is 10.8 Å². The van der Waals surface area contributed by atoms with Gasteiger partial charge in [0.15, 0.2) is 4.80 Å². The van der Waals surface area contributed by atoms with Gasteiger partial charge < -0.3 is 4.57 Å². The Bertz CT molecular complexity index is 1200. The van der Waals surface area contributed by atoms with Crippen LogP contribution in [0.25, 0.3) is 10.2 Å². The summed E-state index contributed by atoms with van der Waals surface area (Å²) in [5, 5.41) is 5.22. The van der Waals surface area contributed by atoms with Gasteiger partial charge >= 0.3 is 0 Å². The Morgan fingerprint density at radius 1 is 1.24 bits per heavy atom. The Balaban J connectivity index is 1.77. The van der Waals surface area contributed by atoms with Crippen LogP contribution in [0.1, 0.15) is 12.8 Å². The summed E-state index contributed by atoms with van der Waals surface area (Å²) in [5.74, 6) is 0.636. The second-order valence-electron chi connectivity index (χ2n) is 6.23. The monoisotopic (exact) mass is 447 g/mol. The summed E-state index contributed by atoms with van der Waals surface area (Å²) >= 11 is 2.97. The molecule has 0 saturated heterocycles. The van der Waals surface area contributed by atoms with E-state index < -0.39 is 10.0 Å². The maximum absolute atomic E-state index is 12.4. The molecule has 0 spiro atoms. The van der Waals surface area contributed by atoms with Crippen LogP contribution >= 0.6 is 23.1 Å². The van der Waals surface area contributed by atoms with E-state index in [1.165, 1.54) is 28.4 Å². The molecule has 0 saturated carbocycles. The topological polar surface area (TPSA) is 94.5 Å². The van der Waals surface area contributed by atoms with Gasteiger partial charge in [-0.3, -0.25) is 4.79 Å². The molecular formula is C20H21N3O3S3. The molecule has 0 fully saturated rings. The number of hydrogen-bond acceptors (Lipinski definition) is 5. The molecule has 152 valence electrons. The van der Waals surface area contributed by atoms with Gasteiger partial charge in [0, 0.05) is 17.9 Å². The average Bonchev–Trinajstić information content (AvgIpc) is 3.02. The van der Waals surface area contributed by atoms with Crippen LogP contribution in [-0.2, 0) is 21.4 Å². The zero-order valence-corrected chi connectivity index (χ0v) is 18.1. The molecule has 0 aliphatic carbocycles. The molecule has 1 aromatic heterocycles. The lowest BCUT2D eigenvalue weighted by Crippen LogP contribution is -2.16. The maximum Gasteiger partial charge on any atom is 0.248 e. The highest BCUT2D eigenvalue weighted by atomic mass is 32.2. The molecular weight excluding hydrogens is 426 g/mol. The van der Waals surface area contributed by atoms with E-state index in [4.69, 9.17) is 5.14 Å². The Kier molecular flexibility index (Phi) is 7.07. The van der Waals surface area contributed by atoms with Crippen molar-refractivity contribution in [3.05, 3.63) is 66.0 Å². The third-order valence-corrected chi connectivity index (χ3v) is 7.11. The van der Waals surface area contributed by atoms with Crippen molar-refractivity contribution in [2.45, 2.75) is 29.2 Å². The van der Waals surface area contributed by atoms with E-state index >= 15 is 0 Å². The Hall–Kier alpha value is -2.20. The molecule has 2 N–H and O–H groups in total. The van der Waals surface area contributed by atoms with Gasteiger partial charge in [-0.25, -0.2) is 13.6 Å². The van der Waals surface area contributed by atoms with Gasteiger partial charge in [-0.05, 0) is 42.5 Å². The summed E-state index contributed by atoms with van der Waals surface area (Å²) < 4.78 is 25.7. The number of carbonyl (C=O) groups is 1. The number of thiazole rings is 1. The van der Waals surface area contributed by atoms with Gasteiger partial charge in [-0.1, -0.05) is 35.6 Å². The highest BCUT2D eigenvalue weighted by Crippen LogP contribution is 2.22. The molecule has 0 unspecified atom stereocenters. The minimum atomic E-state index is -3.79. The van der Waals surface area contributed by atoms with Crippen LogP contribution in [0.4, 0.5) is 0 Å². The quantitative estimate of drug-likeness (QED) is 0.325. The van der Waals surface area contributed by atoms with Gasteiger partial charge in [0.2, 0.25) is 15.9 Å². The lowest BCUT2D eigenvalue weighted by atomic mass is 10.3. The number of sulfonamides is 1. The van der Waals surface area contributed by atoms with Crippen molar-refractivity contribution in [1.82, 2.24) is 4.57 Å². The average molecular weight is 448 g/mol. The van der Waals surface area contributed by atoms with Crippen molar-refractivity contribution in [2.75, 3.05) is 5.75 Å². The van der Waals surface area contributed by atoms with Gasteiger partial charge in [0.1, 0.15) is 0 Å². The maximum atomic E-state index is 12.4. The predicted molar refractivity (Wildman–Crippen MR) is 118 cm³/mol. The third-order valence-electron chi connectivity index (χ3n) is 4.06. The Labute approximate surface area is 177 Å². The second-order valence-corrected chi connectivity index (χ2v) is 9.97. The smallest absolute Gasteiger partial charge is 0.248 e. The largest absolute Gasteiger partial charge is 0.313 e. The zero-order chi connectivity index (χ0) is 20.9. The number of benzene rings is 2. The summed E-state index contributed by atoms with van der Waals surface area (Å²) in [6.07, 6.45) is 2.79. The number of thioether (sulfide) groups is 1. The molecule has 1 heterocycles. The van der Waals surface area contributed by atoms with Crippen molar-refractivity contribution >= 4 is 49.2 Å². The van der Waals surface area contributed by atoms with E-state index in [2.05, 4.69) is 11.6 Å². The number of primary sulfonamides is 1. The minimum absolute atomic E-state index is 0.0350. The molecule has 0 bridgehead atoms. The van der Waals surface area contributed by atoms with E-state index in [9.17, 15) is 13.2 Å². The SMILES string of the molecule is C=CCn1c(=NC(=O)CCCSc2ccccc2)sc2cc(S(N)(=O)=O)ccc21. The van der Waals surface area contributed by atoms with Crippen molar-refractivity contribution < 1.29 is 13.2 Å². The van der Waals surface area contributed by atoms with E-state index in [1.54, 1.807) is 23.9 Å². The van der Waals surface area contributed by atoms with Crippen molar-refractivity contribution in [3.8, 4) is 0 Å². The Morgan fingerprint density at radius 3 is 2.69 bits per heavy atom. The fraction of sp³-hybridized carbons (Fsp3) is 0.200. The normalized spacial score (nSPS) is 12.4. The van der Waals surface area contributed by atoms with E-state index in [0.717, 1.165) is 17.7 Å². The number of carbonyl (C=O) groups excluding carboxylic acids is 1. The summed E-state index contributed by atoms with van der Waals surface area (Å²) in [6.45, 7) is 4.21. The molecule has 29 heavy (non-hydrogen) atoms. The summed E-state index contributed by atoms with van der Waals surface area (Å²) in [4.78, 5) is 18.3. The standard InChI is InChI=1S/C20H21N3O3S3/c1-2-12-23-17-11-10-16(29(21,25)26)14-18(17)28-20(23)22-19(24)9-6-13-27-15-7-4-3-5-8-15/h2-5,7-8,10-11,14H,1,6,9,12-13H2,(H2,21,25,26).